The Balaban J connectivity index is 0.550. The average molecular weight is 1860 g/mol. The van der Waals surface area contributed by atoms with Crippen LogP contribution in [0.1, 0.15) is 166 Å². The second kappa shape index (κ2) is 31.2. The largest absolute Gasteiger partial charge is 0.496 e. The molecule has 22 heteroatoms. The van der Waals surface area contributed by atoms with Crippen LogP contribution in [-0.4, -0.2) is 78.2 Å². The van der Waals surface area contributed by atoms with Crippen molar-refractivity contribution in [2.24, 2.45) is 23.7 Å². The number of alkyl halides is 12. The Morgan fingerprint density at radius 1 is 0.280 bits per heavy atom. The molecule has 0 aliphatic heterocycles. The quantitative estimate of drug-likeness (QED) is 0.0485. The first-order chi connectivity index (χ1) is 63.1. The summed E-state index contributed by atoms with van der Waals surface area (Å²) in [6, 6.07) is 62.9. The van der Waals surface area contributed by atoms with Crippen molar-refractivity contribution in [3.63, 3.8) is 0 Å². The number of benzene rings is 9. The Bertz CT molecular complexity index is 6640. The van der Waals surface area contributed by atoms with Gasteiger partial charge >= 0.3 is 35.5 Å². The van der Waals surface area contributed by atoms with E-state index in [1.165, 1.54) is 67.3 Å². The molecule has 4 atom stereocenters. The van der Waals surface area contributed by atoms with E-state index >= 15 is 52.7 Å². The summed E-state index contributed by atoms with van der Waals surface area (Å²) in [5.41, 5.74) is 2.29. The van der Waals surface area contributed by atoms with Crippen LogP contribution in [-0.2, 0) is 21.7 Å². The number of fused-ring (bicyclic) bond motifs is 2. The van der Waals surface area contributed by atoms with Gasteiger partial charge < -0.3 is 28.4 Å². The summed E-state index contributed by atoms with van der Waals surface area (Å²) in [5, 5.41) is 2.53. The summed E-state index contributed by atoms with van der Waals surface area (Å²) in [5.74, 6) is -15.4. The van der Waals surface area contributed by atoms with Gasteiger partial charge in [-0.3, -0.25) is 0 Å². The molecule has 0 radical (unpaired) electrons. The van der Waals surface area contributed by atoms with Crippen molar-refractivity contribution < 1.29 is 81.1 Å². The van der Waals surface area contributed by atoms with Crippen LogP contribution in [0, 0.1) is 75.0 Å². The molecule has 0 spiro atoms. The first-order valence-corrected chi connectivity index (χ1v) is 47.6. The zero-order valence-electron chi connectivity index (χ0n) is 73.9. The van der Waals surface area contributed by atoms with Crippen molar-refractivity contribution in [1.29, 1.82) is 0 Å². The Morgan fingerprint density at radius 3 is 0.780 bits per heavy atom. The predicted octanol–water partition coefficient (Wildman–Crippen LogP) is 30.2. The molecule has 4 heterocycles. The predicted molar refractivity (Wildman–Crippen MR) is 503 cm³/mol. The number of hydrogen-bond donors (Lipinski definition) is 0. The van der Waals surface area contributed by atoms with Crippen molar-refractivity contribution >= 4 is 89.2 Å². The minimum atomic E-state index is -5.81. The van der Waals surface area contributed by atoms with E-state index in [0.29, 0.717) is 76.9 Å². The van der Waals surface area contributed by atoms with Crippen LogP contribution >= 0.6 is 45.3 Å². The summed E-state index contributed by atoms with van der Waals surface area (Å²) in [6.07, 6.45) is 12.3. The highest BCUT2D eigenvalue weighted by Crippen LogP contribution is 2.74. The Hall–Kier alpha value is -11.1. The van der Waals surface area contributed by atoms with E-state index in [1.807, 2.05) is 60.7 Å². The van der Waals surface area contributed by atoms with Gasteiger partial charge in [-0.05, 0) is 253 Å². The normalized spacial score (nSPS) is 24.5. The molecular formula is C110H90F12O6S4. The van der Waals surface area contributed by atoms with Gasteiger partial charge in [0.1, 0.15) is 11.5 Å². The number of hydrogen-bond acceptors (Lipinski definition) is 10. The van der Waals surface area contributed by atoms with Gasteiger partial charge in [-0.2, -0.15) is 52.7 Å². The van der Waals surface area contributed by atoms with Gasteiger partial charge in [-0.15, -0.1) is 0 Å². The maximum Gasteiger partial charge on any atom is 0.380 e. The monoisotopic (exact) mass is 1860 g/mol. The molecule has 0 N–H and O–H groups in total. The number of thiophene rings is 4. The standard InChI is InChI=1S/C110H90F12O6S4/c1-59-83(97(125-7)129-93(59)69-19-13-11-14-20-69)89-91(107(115,116)109(119,120)105(89,111)112)85-61(3)95(131-99(85)127-9)71-33-41-75(42-34-71)103-53-65-47-66(54-103)50-101(49-65,57-103)73-37-27-63(28-38-73)31-45-79-77-23-17-26-82(124-6)88(77)80(78-24-18-25-81(123-5)87(78)79)46-32-64-29-39-74(40-30-64)102-51-67-48-68(52-102)56-104(55-67,58-102)76-43-35-72(36-44-76)96-62(4)86(100(128-10)132-96)92-90(106(113,114)110(121,122)108(92,117)118)84-60(2)94(130-98(84)126-8)70-21-15-12-16-22-70/h11-30,33-44,65-68H,47-58H2,1-10H3. The molecule has 674 valence electrons. The highest BCUT2D eigenvalue weighted by molar-refractivity contribution is 7.19. The van der Waals surface area contributed by atoms with Gasteiger partial charge in [0, 0.05) is 108 Å². The fourth-order valence-electron chi connectivity index (χ4n) is 25.5. The Labute approximate surface area is 773 Å². The van der Waals surface area contributed by atoms with Gasteiger partial charge in [0.05, 0.1) is 42.7 Å². The van der Waals surface area contributed by atoms with Crippen molar-refractivity contribution in [2.45, 2.75) is 162 Å². The van der Waals surface area contributed by atoms with Crippen molar-refractivity contribution in [3.8, 4) is 97.2 Å². The van der Waals surface area contributed by atoms with Crippen molar-refractivity contribution in [2.75, 3.05) is 42.7 Å². The van der Waals surface area contributed by atoms with Crippen LogP contribution in [0.15, 0.2) is 194 Å². The zero-order valence-corrected chi connectivity index (χ0v) is 77.2. The lowest BCUT2D eigenvalue weighted by Crippen LogP contribution is -2.55. The topological polar surface area (TPSA) is 55.4 Å². The number of allylic oxidation sites excluding steroid dienone is 4. The van der Waals surface area contributed by atoms with E-state index in [1.54, 1.807) is 74.9 Å². The lowest BCUT2D eigenvalue weighted by atomic mass is 9.41. The Morgan fingerprint density at radius 2 is 0.530 bits per heavy atom. The third-order valence-corrected chi connectivity index (χ3v) is 35.6. The summed E-state index contributed by atoms with van der Waals surface area (Å²) >= 11 is 3.77. The minimum absolute atomic E-state index is 0.109. The second-order valence-electron chi connectivity index (χ2n) is 37.7. The summed E-state index contributed by atoms with van der Waals surface area (Å²) < 4.78 is 233. The molecule has 9 aromatic carbocycles. The van der Waals surface area contributed by atoms with Crippen LogP contribution < -0.4 is 28.4 Å². The molecule has 8 bridgehead atoms. The van der Waals surface area contributed by atoms with Gasteiger partial charge in [-0.1, -0.05) is 227 Å². The fourth-order valence-corrected chi connectivity index (χ4v) is 30.1. The molecule has 132 heavy (non-hydrogen) atoms. The lowest BCUT2D eigenvalue weighted by Gasteiger charge is -2.63. The summed E-state index contributed by atoms with van der Waals surface area (Å²) in [4.78, 5) is 1.70. The summed E-state index contributed by atoms with van der Waals surface area (Å²) in [6.45, 7) is 5.93. The first kappa shape index (κ1) is 87.5. The SMILES string of the molecule is COc1sc(-c2ccccc2)c(C)c1C1=C(c2c(OC)sc(-c3ccc(C45CC6CC(CC(c7ccc(C#Cc8c9cccc(OC)c9c(C#Cc9ccc(C%10%11CC%12CC(C%10)CC(c%10ccc(-c%13sc(OC)c(C%14=C(c%15c(OC)sc(-c%16ccccc%16)c%15C)C(F)(F)C(F)(F)C%14(F)F)c%13C)cc%10)(C%12)C%11)cc9)c9cccc(OC)c89)cc7)(C6)C4)C5)cc3)c2C)C(F)(F)C(F)(F)C1(F)F. The van der Waals surface area contributed by atoms with Crippen LogP contribution in [0.5, 0.6) is 31.8 Å². The van der Waals surface area contributed by atoms with Crippen LogP contribution in [0.2, 0.25) is 0 Å². The molecule has 6 nitrogen and oxygen atoms in total. The number of halogens is 12. The van der Waals surface area contributed by atoms with Crippen molar-refractivity contribution in [1.82, 2.24) is 0 Å². The molecule has 8 saturated carbocycles. The molecule has 4 unspecified atom stereocenters. The van der Waals surface area contributed by atoms with Gasteiger partial charge in [0.25, 0.3) is 0 Å². The maximum absolute atomic E-state index is 16.8. The molecule has 10 aliphatic carbocycles. The van der Waals surface area contributed by atoms with Gasteiger partial charge in [-0.25, -0.2) is 0 Å². The first-order valence-electron chi connectivity index (χ1n) is 44.3. The van der Waals surface area contributed by atoms with E-state index < -0.39 is 80.1 Å². The molecular weight excluding hydrogens is 1770 g/mol. The molecule has 0 saturated heterocycles. The Kier molecular flexibility index (Phi) is 20.7. The minimum Gasteiger partial charge on any atom is -0.496 e. The van der Waals surface area contributed by atoms with E-state index in [4.69, 9.17) is 28.4 Å². The average Bonchev–Trinajstić information content (AvgIpc) is 1.49. The van der Waals surface area contributed by atoms with Gasteiger partial charge in [0.15, 0.2) is 20.3 Å². The number of rotatable bonds is 18. The van der Waals surface area contributed by atoms with E-state index in [-0.39, 0.29) is 64.2 Å². The lowest BCUT2D eigenvalue weighted by molar-refractivity contribution is -0.254. The molecule has 0 amide bonds. The van der Waals surface area contributed by atoms with E-state index in [0.717, 1.165) is 177 Å². The van der Waals surface area contributed by atoms with E-state index in [9.17, 15) is 0 Å². The second-order valence-corrected chi connectivity index (χ2v) is 41.7. The smallest absolute Gasteiger partial charge is 0.380 e. The van der Waals surface area contributed by atoms with Crippen LogP contribution in [0.4, 0.5) is 52.7 Å². The number of ether oxygens (including phenoxy) is 6. The van der Waals surface area contributed by atoms with E-state index in [2.05, 4.69) is 96.5 Å². The van der Waals surface area contributed by atoms with Crippen molar-refractivity contribution in [3.05, 3.63) is 283 Å². The molecule has 23 rings (SSSR count). The third kappa shape index (κ3) is 12.8. The maximum atomic E-state index is 16.8. The highest BCUT2D eigenvalue weighted by atomic mass is 32.1. The molecule has 4 aromatic heterocycles. The molecule has 10 aliphatic rings. The highest BCUT2D eigenvalue weighted by Gasteiger charge is 2.83. The third-order valence-electron chi connectivity index (χ3n) is 30.4. The zero-order chi connectivity index (χ0) is 92.3. The van der Waals surface area contributed by atoms with Gasteiger partial charge in [0.2, 0.25) is 0 Å². The number of methoxy groups -OCH3 is 6. The summed E-state index contributed by atoms with van der Waals surface area (Å²) in [7, 11) is 8.18. The fraction of sp³-hybridized carbons (Fsp3) is 0.327. The van der Waals surface area contributed by atoms with Crippen LogP contribution in [0.25, 0.3) is 85.6 Å². The van der Waals surface area contributed by atoms with Crippen LogP contribution in [0.3, 0.4) is 0 Å². The molecule has 13 aromatic rings. The molecule has 8 fully saturated rings.